The number of benzene rings is 1. The monoisotopic (exact) mass is 302 g/mol. The van der Waals surface area contributed by atoms with Gasteiger partial charge in [0.25, 0.3) is 5.56 Å². The van der Waals surface area contributed by atoms with Crippen LogP contribution in [-0.2, 0) is 0 Å². The van der Waals surface area contributed by atoms with E-state index in [0.717, 1.165) is 23.1 Å². The predicted octanol–water partition coefficient (Wildman–Crippen LogP) is 2.51. The van der Waals surface area contributed by atoms with Crippen molar-refractivity contribution in [1.82, 2.24) is 14.8 Å². The Kier molecular flexibility index (Phi) is 3.15. The number of aromatic nitrogens is 3. The average molecular weight is 302 g/mol. The second-order valence-electron chi connectivity index (χ2n) is 4.36. The molecular formula is C13H10N4O3S. The molecule has 7 nitrogen and oxygen atoms in total. The van der Waals surface area contributed by atoms with Crippen LogP contribution in [0.5, 0.6) is 0 Å². The summed E-state index contributed by atoms with van der Waals surface area (Å²) in [7, 11) is 0. The Balaban J connectivity index is 2.14. The van der Waals surface area contributed by atoms with E-state index in [1.54, 1.807) is 6.92 Å². The highest BCUT2D eigenvalue weighted by Crippen LogP contribution is 2.25. The third-order valence-corrected chi connectivity index (χ3v) is 3.92. The van der Waals surface area contributed by atoms with Crippen LogP contribution in [0, 0.1) is 17.0 Å². The van der Waals surface area contributed by atoms with Crippen molar-refractivity contribution in [3.05, 3.63) is 62.7 Å². The molecule has 2 heterocycles. The van der Waals surface area contributed by atoms with E-state index in [1.165, 1.54) is 4.68 Å². The van der Waals surface area contributed by atoms with Crippen LogP contribution in [0.1, 0.15) is 5.69 Å². The minimum atomic E-state index is -0.528. The molecule has 8 heteroatoms. The molecule has 0 aliphatic heterocycles. The van der Waals surface area contributed by atoms with Crippen molar-refractivity contribution in [3.8, 4) is 16.3 Å². The van der Waals surface area contributed by atoms with Gasteiger partial charge in [0.05, 0.1) is 10.5 Å². The lowest BCUT2D eigenvalue weighted by Gasteiger charge is -1.95. The van der Waals surface area contributed by atoms with Crippen molar-refractivity contribution in [3.63, 3.8) is 0 Å². The number of hydrogen-bond acceptors (Lipinski definition) is 5. The van der Waals surface area contributed by atoms with Gasteiger partial charge in [0.2, 0.25) is 5.13 Å². The maximum absolute atomic E-state index is 12.5. The van der Waals surface area contributed by atoms with E-state index >= 15 is 0 Å². The zero-order valence-corrected chi connectivity index (χ0v) is 11.8. The highest BCUT2D eigenvalue weighted by molar-refractivity contribution is 7.17. The van der Waals surface area contributed by atoms with Crippen LogP contribution in [-0.4, -0.2) is 19.7 Å². The van der Waals surface area contributed by atoms with E-state index in [4.69, 9.17) is 0 Å². The Morgan fingerprint density at radius 2 is 2.05 bits per heavy atom. The third kappa shape index (κ3) is 2.25. The van der Waals surface area contributed by atoms with E-state index in [2.05, 4.69) is 10.1 Å². The van der Waals surface area contributed by atoms with E-state index in [0.29, 0.717) is 11.3 Å². The van der Waals surface area contributed by atoms with Crippen LogP contribution < -0.4 is 5.56 Å². The SMILES string of the molecule is Cc1[nH]n(-c2ncc([N+](=O)[O-])s2)c(=O)c1-c1ccccc1. The lowest BCUT2D eigenvalue weighted by Crippen LogP contribution is -2.15. The second-order valence-corrected chi connectivity index (χ2v) is 5.34. The quantitative estimate of drug-likeness (QED) is 0.594. The molecule has 1 N–H and O–H groups in total. The molecule has 106 valence electrons. The van der Waals surface area contributed by atoms with Gasteiger partial charge in [-0.05, 0) is 23.8 Å². The van der Waals surface area contributed by atoms with Crippen LogP contribution in [0.25, 0.3) is 16.3 Å². The summed E-state index contributed by atoms with van der Waals surface area (Å²) in [5, 5.41) is 13.8. The molecule has 0 bridgehead atoms. The van der Waals surface area contributed by atoms with Crippen molar-refractivity contribution in [2.45, 2.75) is 6.92 Å². The van der Waals surface area contributed by atoms with E-state index < -0.39 is 4.92 Å². The van der Waals surface area contributed by atoms with Crippen LogP contribution in [0.2, 0.25) is 0 Å². The van der Waals surface area contributed by atoms with Gasteiger partial charge < -0.3 is 0 Å². The van der Waals surface area contributed by atoms with E-state index in [1.807, 2.05) is 30.3 Å². The van der Waals surface area contributed by atoms with Gasteiger partial charge in [-0.25, -0.2) is 4.98 Å². The van der Waals surface area contributed by atoms with Crippen LogP contribution >= 0.6 is 11.3 Å². The van der Waals surface area contributed by atoms with Gasteiger partial charge in [0.1, 0.15) is 6.20 Å². The minimum absolute atomic E-state index is 0.106. The van der Waals surface area contributed by atoms with Crippen molar-refractivity contribution in [2.24, 2.45) is 0 Å². The van der Waals surface area contributed by atoms with Crippen molar-refractivity contribution < 1.29 is 4.92 Å². The van der Waals surface area contributed by atoms with E-state index in [9.17, 15) is 14.9 Å². The third-order valence-electron chi connectivity index (χ3n) is 2.99. The summed E-state index contributed by atoms with van der Waals surface area (Å²) in [4.78, 5) is 26.6. The molecule has 0 radical (unpaired) electrons. The smallest absolute Gasteiger partial charge is 0.293 e. The van der Waals surface area contributed by atoms with Gasteiger partial charge in [0.15, 0.2) is 0 Å². The number of thiazole rings is 1. The molecule has 0 aliphatic carbocycles. The molecule has 0 saturated carbocycles. The highest BCUT2D eigenvalue weighted by Gasteiger charge is 2.18. The summed E-state index contributed by atoms with van der Waals surface area (Å²) in [6, 6.07) is 9.24. The first-order valence-corrected chi connectivity index (χ1v) is 6.87. The van der Waals surface area contributed by atoms with Gasteiger partial charge in [-0.3, -0.25) is 20.0 Å². The number of nitrogens with one attached hydrogen (secondary N) is 1. The van der Waals surface area contributed by atoms with Crippen LogP contribution in [0.15, 0.2) is 41.3 Å². The Bertz CT molecular complexity index is 863. The fraction of sp³-hybridized carbons (Fsp3) is 0.0769. The molecular weight excluding hydrogens is 292 g/mol. The molecule has 0 saturated heterocycles. The summed E-state index contributed by atoms with van der Waals surface area (Å²) in [6.45, 7) is 1.78. The molecule has 21 heavy (non-hydrogen) atoms. The molecule has 3 aromatic rings. The lowest BCUT2D eigenvalue weighted by atomic mass is 10.1. The standard InChI is InChI=1S/C13H10N4O3S/c1-8-11(9-5-3-2-4-6-9)12(18)16(15-8)13-14-7-10(21-13)17(19)20/h2-7,15H,1H3. The molecule has 0 atom stereocenters. The van der Waals surface area contributed by atoms with Gasteiger partial charge in [-0.1, -0.05) is 30.3 Å². The lowest BCUT2D eigenvalue weighted by molar-refractivity contribution is -0.380. The number of H-pyrrole nitrogens is 1. The summed E-state index contributed by atoms with van der Waals surface area (Å²) in [5.74, 6) is 0. The average Bonchev–Trinajstić information content (AvgIpc) is 3.05. The second kappa shape index (κ2) is 4.98. The molecule has 3 rings (SSSR count). The summed E-state index contributed by atoms with van der Waals surface area (Å²) >= 11 is 0.847. The number of nitrogens with zero attached hydrogens (tertiary/aromatic N) is 3. The summed E-state index contributed by atoms with van der Waals surface area (Å²) in [6.07, 6.45) is 1.14. The Labute approximate surface area is 122 Å². The number of aromatic amines is 1. The highest BCUT2D eigenvalue weighted by atomic mass is 32.1. The maximum atomic E-state index is 12.5. The fourth-order valence-electron chi connectivity index (χ4n) is 2.07. The van der Waals surface area contributed by atoms with Crippen molar-refractivity contribution >= 4 is 16.3 Å². The molecule has 0 spiro atoms. The summed E-state index contributed by atoms with van der Waals surface area (Å²) in [5.41, 5.74) is 1.74. The van der Waals surface area contributed by atoms with E-state index in [-0.39, 0.29) is 15.7 Å². The summed E-state index contributed by atoms with van der Waals surface area (Å²) < 4.78 is 1.23. The molecule has 2 aromatic heterocycles. The van der Waals surface area contributed by atoms with Crippen molar-refractivity contribution in [1.29, 1.82) is 0 Å². The van der Waals surface area contributed by atoms with Gasteiger partial charge in [-0.2, -0.15) is 4.68 Å². The molecule has 0 aliphatic rings. The molecule has 1 aromatic carbocycles. The largest absolute Gasteiger partial charge is 0.345 e. The number of hydrogen-bond donors (Lipinski definition) is 1. The minimum Gasteiger partial charge on any atom is -0.293 e. The Morgan fingerprint density at radius 1 is 1.33 bits per heavy atom. The molecule has 0 unspecified atom stereocenters. The zero-order chi connectivity index (χ0) is 15.0. The first-order valence-electron chi connectivity index (χ1n) is 6.05. The predicted molar refractivity (Wildman–Crippen MR) is 78.9 cm³/mol. The van der Waals surface area contributed by atoms with Crippen LogP contribution in [0.4, 0.5) is 5.00 Å². The Hall–Kier alpha value is -2.74. The Morgan fingerprint density at radius 3 is 2.67 bits per heavy atom. The fourth-order valence-corrected chi connectivity index (χ4v) is 2.76. The number of rotatable bonds is 3. The number of nitro groups is 1. The molecule has 0 amide bonds. The normalized spacial score (nSPS) is 10.7. The van der Waals surface area contributed by atoms with Gasteiger partial charge >= 0.3 is 5.00 Å². The van der Waals surface area contributed by atoms with Gasteiger partial charge in [0, 0.05) is 5.69 Å². The maximum Gasteiger partial charge on any atom is 0.345 e. The van der Waals surface area contributed by atoms with Gasteiger partial charge in [-0.15, -0.1) is 0 Å². The first-order chi connectivity index (χ1) is 10.1. The first kappa shape index (κ1) is 13.3. The topological polar surface area (TPSA) is 93.8 Å². The van der Waals surface area contributed by atoms with Crippen LogP contribution in [0.3, 0.4) is 0 Å². The number of aryl methyl sites for hydroxylation is 1. The zero-order valence-electron chi connectivity index (χ0n) is 10.9. The van der Waals surface area contributed by atoms with Crippen molar-refractivity contribution in [2.75, 3.05) is 0 Å². The molecule has 0 fully saturated rings.